The van der Waals surface area contributed by atoms with Crippen LogP contribution in [-0.2, 0) is 0 Å². The van der Waals surface area contributed by atoms with E-state index in [0.717, 1.165) is 11.1 Å². The van der Waals surface area contributed by atoms with E-state index in [1.807, 2.05) is 45.0 Å². The van der Waals surface area contributed by atoms with Crippen molar-refractivity contribution in [3.05, 3.63) is 53.5 Å². The summed E-state index contributed by atoms with van der Waals surface area (Å²) >= 11 is 1.25. The molecule has 0 unspecified atom stereocenters. The molecule has 3 aromatic rings. The Labute approximate surface area is 138 Å². The smallest absolute Gasteiger partial charge is 0.277 e. The predicted octanol–water partition coefficient (Wildman–Crippen LogP) is 4.31. The first-order valence-corrected chi connectivity index (χ1v) is 8.08. The van der Waals surface area contributed by atoms with Gasteiger partial charge in [0.25, 0.3) is 11.1 Å². The molecule has 2 heterocycles. The van der Waals surface area contributed by atoms with E-state index in [2.05, 4.69) is 10.2 Å². The van der Waals surface area contributed by atoms with Crippen LogP contribution in [0.5, 0.6) is 0 Å². The van der Waals surface area contributed by atoms with Crippen molar-refractivity contribution in [1.82, 2.24) is 10.2 Å². The minimum atomic E-state index is -0.309. The summed E-state index contributed by atoms with van der Waals surface area (Å²) in [7, 11) is 0. The van der Waals surface area contributed by atoms with Gasteiger partial charge in [0.05, 0.1) is 17.1 Å². The highest BCUT2D eigenvalue weighted by Gasteiger charge is 2.20. The van der Waals surface area contributed by atoms with Crippen molar-refractivity contribution in [1.29, 1.82) is 0 Å². The average molecular weight is 328 g/mol. The third-order valence-electron chi connectivity index (χ3n) is 3.48. The van der Waals surface area contributed by atoms with E-state index in [0.29, 0.717) is 22.4 Å². The molecule has 0 radical (unpaired) electrons. The molecule has 0 saturated heterocycles. The van der Waals surface area contributed by atoms with Gasteiger partial charge in [0.1, 0.15) is 5.76 Å². The molecule has 2 aromatic heterocycles. The molecular weight excluding hydrogens is 312 g/mol. The quantitative estimate of drug-likeness (QED) is 0.513. The van der Waals surface area contributed by atoms with Crippen LogP contribution in [0.4, 0.5) is 0 Å². The Kier molecular flexibility index (Phi) is 4.34. The standard InChI is InChI=1S/C17H16N2O3S/c1-10-4-6-13(7-5-10)15(20)12(3)23-17-19-18-16(22-17)14-8-9-21-11(14)2/h4-9,12H,1-3H3/t12-/m1/s1. The summed E-state index contributed by atoms with van der Waals surface area (Å²) in [6.45, 7) is 5.65. The Hall–Kier alpha value is -2.34. The Bertz CT molecular complexity index is 820. The van der Waals surface area contributed by atoms with Crippen LogP contribution in [0.25, 0.3) is 11.5 Å². The maximum Gasteiger partial charge on any atom is 0.277 e. The first kappa shape index (κ1) is 15.6. The molecule has 0 aliphatic heterocycles. The van der Waals surface area contributed by atoms with Crippen LogP contribution in [0.2, 0.25) is 0 Å². The van der Waals surface area contributed by atoms with Gasteiger partial charge in [-0.15, -0.1) is 10.2 Å². The molecule has 0 amide bonds. The van der Waals surface area contributed by atoms with Gasteiger partial charge in [0, 0.05) is 5.56 Å². The number of aryl methyl sites for hydroxylation is 2. The van der Waals surface area contributed by atoms with E-state index in [-0.39, 0.29) is 11.0 Å². The number of Topliss-reactive ketones (excluding diaryl/α,β-unsaturated/α-hetero) is 1. The van der Waals surface area contributed by atoms with Crippen molar-refractivity contribution in [3.8, 4) is 11.5 Å². The van der Waals surface area contributed by atoms with Crippen LogP contribution in [-0.4, -0.2) is 21.2 Å². The van der Waals surface area contributed by atoms with Gasteiger partial charge in [0.2, 0.25) is 0 Å². The number of furan rings is 1. The number of benzene rings is 1. The molecule has 6 heteroatoms. The topological polar surface area (TPSA) is 69.1 Å². The van der Waals surface area contributed by atoms with Crippen molar-refractivity contribution in [2.75, 3.05) is 0 Å². The number of hydrogen-bond donors (Lipinski definition) is 0. The normalized spacial score (nSPS) is 12.3. The monoisotopic (exact) mass is 328 g/mol. The number of hydrogen-bond acceptors (Lipinski definition) is 6. The van der Waals surface area contributed by atoms with Crippen molar-refractivity contribution in [2.24, 2.45) is 0 Å². The summed E-state index contributed by atoms with van der Waals surface area (Å²) in [6, 6.07) is 9.30. The minimum absolute atomic E-state index is 0.0363. The zero-order valence-corrected chi connectivity index (χ0v) is 13.9. The molecule has 3 rings (SSSR count). The zero-order chi connectivity index (χ0) is 16.4. The van der Waals surface area contributed by atoms with E-state index in [9.17, 15) is 4.79 Å². The maximum atomic E-state index is 12.4. The molecule has 0 bridgehead atoms. The molecule has 0 saturated carbocycles. The number of ketones is 1. The van der Waals surface area contributed by atoms with Gasteiger partial charge >= 0.3 is 0 Å². The van der Waals surface area contributed by atoms with Gasteiger partial charge in [-0.3, -0.25) is 4.79 Å². The van der Waals surface area contributed by atoms with E-state index >= 15 is 0 Å². The van der Waals surface area contributed by atoms with E-state index in [1.165, 1.54) is 11.8 Å². The number of carbonyl (C=O) groups excluding carboxylic acids is 1. The van der Waals surface area contributed by atoms with Gasteiger partial charge in [-0.25, -0.2) is 0 Å². The largest absolute Gasteiger partial charge is 0.469 e. The summed E-state index contributed by atoms with van der Waals surface area (Å²) in [5.41, 5.74) is 2.57. The zero-order valence-electron chi connectivity index (χ0n) is 13.1. The molecule has 0 spiro atoms. The number of carbonyl (C=O) groups is 1. The Morgan fingerprint density at radius 1 is 1.13 bits per heavy atom. The molecule has 5 nitrogen and oxygen atoms in total. The van der Waals surface area contributed by atoms with Gasteiger partial charge in [0.15, 0.2) is 5.78 Å². The highest BCUT2D eigenvalue weighted by molar-refractivity contribution is 8.00. The highest BCUT2D eigenvalue weighted by Crippen LogP contribution is 2.29. The highest BCUT2D eigenvalue weighted by atomic mass is 32.2. The van der Waals surface area contributed by atoms with E-state index < -0.39 is 0 Å². The fourth-order valence-corrected chi connectivity index (χ4v) is 2.89. The molecule has 1 aromatic carbocycles. The Morgan fingerprint density at radius 2 is 1.87 bits per heavy atom. The van der Waals surface area contributed by atoms with Crippen LogP contribution in [0.15, 0.2) is 50.7 Å². The second-order valence-electron chi connectivity index (χ2n) is 5.25. The number of rotatable bonds is 5. The maximum absolute atomic E-state index is 12.4. The van der Waals surface area contributed by atoms with E-state index in [4.69, 9.17) is 8.83 Å². The van der Waals surface area contributed by atoms with Gasteiger partial charge < -0.3 is 8.83 Å². The van der Waals surface area contributed by atoms with Gasteiger partial charge in [-0.1, -0.05) is 41.6 Å². The van der Waals surface area contributed by atoms with Gasteiger partial charge in [-0.05, 0) is 26.8 Å². The first-order valence-electron chi connectivity index (χ1n) is 7.20. The second-order valence-corrected chi connectivity index (χ2v) is 6.55. The predicted molar refractivity (Wildman–Crippen MR) is 87.6 cm³/mol. The lowest BCUT2D eigenvalue weighted by atomic mass is 10.1. The first-order chi connectivity index (χ1) is 11.0. The van der Waals surface area contributed by atoms with Gasteiger partial charge in [-0.2, -0.15) is 0 Å². The summed E-state index contributed by atoms with van der Waals surface area (Å²) in [6.07, 6.45) is 1.57. The molecule has 0 fully saturated rings. The van der Waals surface area contributed by atoms with Crippen LogP contribution < -0.4 is 0 Å². The van der Waals surface area contributed by atoms with E-state index in [1.54, 1.807) is 12.3 Å². The molecule has 0 aliphatic rings. The summed E-state index contributed by atoms with van der Waals surface area (Å²) in [5, 5.41) is 8.06. The van der Waals surface area contributed by atoms with Crippen LogP contribution in [0.3, 0.4) is 0 Å². The lowest BCUT2D eigenvalue weighted by Crippen LogP contribution is -2.13. The minimum Gasteiger partial charge on any atom is -0.469 e. The molecular formula is C17H16N2O3S. The Morgan fingerprint density at radius 3 is 2.52 bits per heavy atom. The number of nitrogens with zero attached hydrogens (tertiary/aromatic N) is 2. The second kappa shape index (κ2) is 6.42. The van der Waals surface area contributed by atoms with Crippen LogP contribution in [0.1, 0.15) is 28.6 Å². The fraction of sp³-hybridized carbons (Fsp3) is 0.235. The number of thioether (sulfide) groups is 1. The summed E-state index contributed by atoms with van der Waals surface area (Å²) < 4.78 is 10.8. The third kappa shape index (κ3) is 3.37. The SMILES string of the molecule is Cc1ccc(C(=O)[C@@H](C)Sc2nnc(-c3ccoc3C)o2)cc1. The molecule has 118 valence electrons. The molecule has 1 atom stereocenters. The van der Waals surface area contributed by atoms with Crippen molar-refractivity contribution >= 4 is 17.5 Å². The summed E-state index contributed by atoms with van der Waals surface area (Å²) in [5.74, 6) is 1.15. The molecule has 0 N–H and O–H groups in total. The average Bonchev–Trinajstić information content (AvgIpc) is 3.16. The fourth-order valence-electron chi connectivity index (χ4n) is 2.13. The van der Waals surface area contributed by atoms with Crippen molar-refractivity contribution in [3.63, 3.8) is 0 Å². The van der Waals surface area contributed by atoms with Crippen LogP contribution >= 0.6 is 11.8 Å². The number of aromatic nitrogens is 2. The lowest BCUT2D eigenvalue weighted by molar-refractivity contribution is 0.0993. The summed E-state index contributed by atoms with van der Waals surface area (Å²) in [4.78, 5) is 12.4. The van der Waals surface area contributed by atoms with Crippen molar-refractivity contribution < 1.29 is 13.6 Å². The lowest BCUT2D eigenvalue weighted by Gasteiger charge is -2.07. The molecule has 23 heavy (non-hydrogen) atoms. The van der Waals surface area contributed by atoms with Crippen molar-refractivity contribution in [2.45, 2.75) is 31.2 Å². The van der Waals surface area contributed by atoms with Crippen LogP contribution in [0, 0.1) is 13.8 Å². The third-order valence-corrected chi connectivity index (χ3v) is 4.41. The Balaban J connectivity index is 1.72. The molecule has 0 aliphatic carbocycles.